The molecule has 0 fully saturated rings. The van der Waals surface area contributed by atoms with Gasteiger partial charge < -0.3 is 5.32 Å². The molecule has 3 rings (SSSR count). The van der Waals surface area contributed by atoms with E-state index in [9.17, 15) is 18.0 Å². The number of carbonyl (C=O) groups excluding carboxylic acids is 1. The SMILES string of the molecule is O=C(CSc1nccc(C(F)(F)F)n1)Nc1ccn(Cc2ccc(Cl)cc2Cl)n1. The smallest absolute Gasteiger partial charge is 0.308 e. The standard InChI is InChI=1S/C17H12Cl2F3N5OS/c18-11-2-1-10(12(19)7-11)8-27-6-4-14(26-27)25-15(28)9-29-16-23-5-3-13(24-16)17(20,21)22/h1-7H,8-9H2,(H,25,26,28). The number of hydrogen-bond acceptors (Lipinski definition) is 5. The van der Waals surface area contributed by atoms with Gasteiger partial charge in [0.05, 0.1) is 12.3 Å². The fourth-order valence-corrected chi connectivity index (χ4v) is 3.32. The molecule has 0 atom stereocenters. The molecule has 2 heterocycles. The Bertz CT molecular complexity index is 1030. The second-order valence-electron chi connectivity index (χ2n) is 5.69. The Morgan fingerprint density at radius 3 is 2.72 bits per heavy atom. The summed E-state index contributed by atoms with van der Waals surface area (Å²) in [7, 11) is 0. The van der Waals surface area contributed by atoms with E-state index in [-0.39, 0.29) is 10.9 Å². The molecule has 0 saturated heterocycles. The van der Waals surface area contributed by atoms with Crippen LogP contribution in [0.3, 0.4) is 0 Å². The van der Waals surface area contributed by atoms with Crippen LogP contribution in [0, 0.1) is 0 Å². The van der Waals surface area contributed by atoms with Crippen molar-refractivity contribution in [2.75, 3.05) is 11.1 Å². The number of nitrogens with one attached hydrogen (secondary N) is 1. The maximum Gasteiger partial charge on any atom is 0.433 e. The average Bonchev–Trinajstić information content (AvgIpc) is 3.09. The van der Waals surface area contributed by atoms with Gasteiger partial charge in [-0.1, -0.05) is 41.0 Å². The van der Waals surface area contributed by atoms with E-state index in [0.717, 1.165) is 29.6 Å². The topological polar surface area (TPSA) is 72.7 Å². The predicted octanol–water partition coefficient (Wildman–Crippen LogP) is 4.78. The zero-order valence-electron chi connectivity index (χ0n) is 14.5. The van der Waals surface area contributed by atoms with Gasteiger partial charge in [0, 0.05) is 28.5 Å². The first-order valence-electron chi connectivity index (χ1n) is 8.01. The molecule has 29 heavy (non-hydrogen) atoms. The van der Waals surface area contributed by atoms with Crippen molar-refractivity contribution in [1.82, 2.24) is 19.7 Å². The molecule has 0 bridgehead atoms. The lowest BCUT2D eigenvalue weighted by Gasteiger charge is -2.07. The van der Waals surface area contributed by atoms with E-state index in [4.69, 9.17) is 23.2 Å². The second-order valence-corrected chi connectivity index (χ2v) is 7.48. The molecular weight excluding hydrogens is 450 g/mol. The van der Waals surface area contributed by atoms with Crippen LogP contribution >= 0.6 is 35.0 Å². The number of thioether (sulfide) groups is 1. The molecule has 12 heteroatoms. The van der Waals surface area contributed by atoms with Crippen LogP contribution in [0.5, 0.6) is 0 Å². The number of benzene rings is 1. The molecule has 0 saturated carbocycles. The van der Waals surface area contributed by atoms with Crippen LogP contribution in [0.4, 0.5) is 19.0 Å². The maximum atomic E-state index is 12.7. The van der Waals surface area contributed by atoms with Crippen LogP contribution in [-0.4, -0.2) is 31.4 Å². The lowest BCUT2D eigenvalue weighted by atomic mass is 10.2. The molecule has 0 aliphatic carbocycles. The van der Waals surface area contributed by atoms with Gasteiger partial charge in [0.15, 0.2) is 11.0 Å². The summed E-state index contributed by atoms with van der Waals surface area (Å²) >= 11 is 12.8. The number of alkyl halides is 3. The van der Waals surface area contributed by atoms with Gasteiger partial charge in [0.2, 0.25) is 5.91 Å². The Balaban J connectivity index is 1.55. The lowest BCUT2D eigenvalue weighted by Crippen LogP contribution is -2.15. The normalized spacial score (nSPS) is 11.5. The van der Waals surface area contributed by atoms with E-state index in [0.29, 0.717) is 22.4 Å². The minimum absolute atomic E-state index is 0.141. The maximum absolute atomic E-state index is 12.7. The number of hydrogen-bond donors (Lipinski definition) is 1. The van der Waals surface area contributed by atoms with Gasteiger partial charge in [-0.05, 0) is 23.8 Å². The lowest BCUT2D eigenvalue weighted by molar-refractivity contribution is -0.141. The fourth-order valence-electron chi connectivity index (χ4n) is 2.22. The number of nitrogens with zero attached hydrogens (tertiary/aromatic N) is 4. The molecule has 0 aliphatic heterocycles. The van der Waals surface area contributed by atoms with E-state index >= 15 is 0 Å². The van der Waals surface area contributed by atoms with Gasteiger partial charge in [-0.15, -0.1) is 0 Å². The third-order valence-electron chi connectivity index (χ3n) is 3.51. The molecular formula is C17H12Cl2F3N5OS. The van der Waals surface area contributed by atoms with Crippen molar-refractivity contribution in [3.63, 3.8) is 0 Å². The molecule has 0 unspecified atom stereocenters. The Kier molecular flexibility index (Phi) is 6.66. The van der Waals surface area contributed by atoms with Gasteiger partial charge in [-0.3, -0.25) is 9.48 Å². The second kappa shape index (κ2) is 9.02. The number of carbonyl (C=O) groups is 1. The summed E-state index contributed by atoms with van der Waals surface area (Å²) < 4.78 is 39.5. The summed E-state index contributed by atoms with van der Waals surface area (Å²) in [4.78, 5) is 19.2. The van der Waals surface area contributed by atoms with Crippen molar-refractivity contribution in [2.24, 2.45) is 0 Å². The highest BCUT2D eigenvalue weighted by molar-refractivity contribution is 7.99. The monoisotopic (exact) mass is 461 g/mol. The minimum atomic E-state index is -4.57. The van der Waals surface area contributed by atoms with E-state index < -0.39 is 17.8 Å². The van der Waals surface area contributed by atoms with Crippen LogP contribution < -0.4 is 5.32 Å². The Morgan fingerprint density at radius 2 is 2.00 bits per heavy atom. The van der Waals surface area contributed by atoms with Crippen molar-refractivity contribution < 1.29 is 18.0 Å². The van der Waals surface area contributed by atoms with Gasteiger partial charge in [0.25, 0.3) is 0 Å². The van der Waals surface area contributed by atoms with Crippen LogP contribution in [0.1, 0.15) is 11.3 Å². The summed E-state index contributed by atoms with van der Waals surface area (Å²) in [5.41, 5.74) is -0.260. The summed E-state index contributed by atoms with van der Waals surface area (Å²) in [6.45, 7) is 0.374. The summed E-state index contributed by atoms with van der Waals surface area (Å²) in [5.74, 6) is -0.326. The first-order valence-corrected chi connectivity index (χ1v) is 9.75. The van der Waals surface area contributed by atoms with Gasteiger partial charge in [-0.2, -0.15) is 18.3 Å². The largest absolute Gasteiger partial charge is 0.433 e. The molecule has 1 N–H and O–H groups in total. The van der Waals surface area contributed by atoms with Gasteiger partial charge >= 0.3 is 6.18 Å². The van der Waals surface area contributed by atoms with Crippen molar-refractivity contribution in [3.8, 4) is 0 Å². The van der Waals surface area contributed by atoms with Gasteiger partial charge in [-0.25, -0.2) is 9.97 Å². The highest BCUT2D eigenvalue weighted by atomic mass is 35.5. The molecule has 1 aromatic carbocycles. The number of halogens is 5. The molecule has 2 aromatic heterocycles. The summed E-state index contributed by atoms with van der Waals surface area (Å²) in [5, 5.41) is 7.66. The molecule has 152 valence electrons. The Morgan fingerprint density at radius 1 is 1.21 bits per heavy atom. The molecule has 0 spiro atoms. The molecule has 1 amide bonds. The van der Waals surface area contributed by atoms with Crippen molar-refractivity contribution in [3.05, 3.63) is 64.0 Å². The summed E-state index contributed by atoms with van der Waals surface area (Å²) in [6, 6.07) is 7.47. The average molecular weight is 462 g/mol. The zero-order chi connectivity index (χ0) is 21.0. The number of rotatable bonds is 6. The molecule has 3 aromatic rings. The minimum Gasteiger partial charge on any atom is -0.308 e. The van der Waals surface area contributed by atoms with Gasteiger partial charge in [0.1, 0.15) is 5.69 Å². The van der Waals surface area contributed by atoms with Crippen LogP contribution in [-0.2, 0) is 17.5 Å². The third kappa shape index (κ3) is 6.09. The van der Waals surface area contributed by atoms with E-state index in [2.05, 4.69) is 20.4 Å². The predicted molar refractivity (Wildman–Crippen MR) is 104 cm³/mol. The van der Waals surface area contributed by atoms with Crippen LogP contribution in [0.2, 0.25) is 10.0 Å². The fraction of sp³-hybridized carbons (Fsp3) is 0.176. The number of amides is 1. The number of aromatic nitrogens is 4. The summed E-state index contributed by atoms with van der Waals surface area (Å²) in [6.07, 6.45) is -1.91. The molecule has 0 radical (unpaired) electrons. The van der Waals surface area contributed by atoms with Crippen molar-refractivity contribution >= 4 is 46.7 Å². The first-order chi connectivity index (χ1) is 13.7. The Hall–Kier alpha value is -2.30. The number of anilines is 1. The van der Waals surface area contributed by atoms with Crippen molar-refractivity contribution in [2.45, 2.75) is 17.9 Å². The third-order valence-corrected chi connectivity index (χ3v) is 4.96. The molecule has 6 nitrogen and oxygen atoms in total. The van der Waals surface area contributed by atoms with Crippen molar-refractivity contribution in [1.29, 1.82) is 0 Å². The van der Waals surface area contributed by atoms with E-state index in [1.54, 1.807) is 35.1 Å². The highest BCUT2D eigenvalue weighted by Crippen LogP contribution is 2.28. The zero-order valence-corrected chi connectivity index (χ0v) is 16.8. The van der Waals surface area contributed by atoms with Crippen LogP contribution in [0.15, 0.2) is 47.9 Å². The van der Waals surface area contributed by atoms with E-state index in [1.807, 2.05) is 0 Å². The Labute approximate surface area is 177 Å². The van der Waals surface area contributed by atoms with E-state index in [1.165, 1.54) is 0 Å². The molecule has 0 aliphatic rings. The first kappa shape index (κ1) is 21.4. The highest BCUT2D eigenvalue weighted by Gasteiger charge is 2.32. The van der Waals surface area contributed by atoms with Crippen LogP contribution in [0.25, 0.3) is 0 Å². The quantitative estimate of drug-likeness (QED) is 0.422.